The molecule has 0 spiro atoms. The number of hydrogen-bond acceptors (Lipinski definition) is 3. The molecule has 0 fully saturated rings. The maximum absolute atomic E-state index is 11.9. The van der Waals surface area contributed by atoms with E-state index in [0.29, 0.717) is 13.1 Å². The molecule has 1 heterocycles. The van der Waals surface area contributed by atoms with Gasteiger partial charge in [-0.05, 0) is 49.1 Å². The van der Waals surface area contributed by atoms with Crippen LogP contribution in [0.25, 0.3) is 0 Å². The van der Waals surface area contributed by atoms with Gasteiger partial charge in [-0.1, -0.05) is 48.0 Å². The van der Waals surface area contributed by atoms with Crippen LogP contribution in [0.15, 0.2) is 76.6 Å². The van der Waals surface area contributed by atoms with Crippen LogP contribution in [0.2, 0.25) is 0 Å². The van der Waals surface area contributed by atoms with Gasteiger partial charge in [0.2, 0.25) is 0 Å². The highest BCUT2D eigenvalue weighted by molar-refractivity contribution is 14.0. The predicted octanol–water partition coefficient (Wildman–Crippen LogP) is 4.13. The number of methoxy groups -OCH3 is 1. The number of pyridine rings is 1. The fourth-order valence-corrected chi connectivity index (χ4v) is 3.47. The third kappa shape index (κ3) is 8.24. The molecule has 0 radical (unpaired) electrons. The zero-order chi connectivity index (χ0) is 22.8. The van der Waals surface area contributed by atoms with Gasteiger partial charge in [-0.15, -0.1) is 24.0 Å². The van der Waals surface area contributed by atoms with E-state index in [-0.39, 0.29) is 29.5 Å². The van der Waals surface area contributed by atoms with Crippen molar-refractivity contribution >= 4 is 29.9 Å². The number of halogens is 1. The minimum absolute atomic E-state index is 0. The Bertz CT molecular complexity index is 1090. The van der Waals surface area contributed by atoms with Crippen molar-refractivity contribution in [2.75, 3.05) is 20.2 Å². The van der Waals surface area contributed by atoms with E-state index >= 15 is 0 Å². The molecule has 2 aromatic carbocycles. The van der Waals surface area contributed by atoms with Crippen LogP contribution in [0.3, 0.4) is 0 Å². The van der Waals surface area contributed by atoms with E-state index in [2.05, 4.69) is 60.9 Å². The third-order valence-electron chi connectivity index (χ3n) is 5.16. The number of nitrogens with zero attached hydrogens (tertiary/aromatic N) is 2. The number of aromatic nitrogens is 1. The van der Waals surface area contributed by atoms with Crippen LogP contribution in [0, 0.1) is 6.92 Å². The number of aliphatic imine (C=N–C) groups is 1. The predicted molar refractivity (Wildman–Crippen MR) is 146 cm³/mol. The number of hydrogen-bond donors (Lipinski definition) is 2. The molecule has 3 rings (SSSR count). The number of aryl methyl sites for hydroxylation is 1. The maximum atomic E-state index is 11.9. The summed E-state index contributed by atoms with van der Waals surface area (Å²) in [5, 5.41) is 6.70. The Morgan fingerprint density at radius 1 is 1.03 bits per heavy atom. The Morgan fingerprint density at radius 3 is 2.48 bits per heavy atom. The molecule has 1 aromatic heterocycles. The van der Waals surface area contributed by atoms with Crippen LogP contribution < -0.4 is 20.9 Å². The van der Waals surface area contributed by atoms with Gasteiger partial charge in [0, 0.05) is 25.4 Å². The van der Waals surface area contributed by atoms with E-state index < -0.39 is 0 Å². The van der Waals surface area contributed by atoms with Gasteiger partial charge < -0.3 is 19.9 Å². The fraction of sp³-hybridized carbons (Fsp3) is 0.308. The minimum atomic E-state index is 0. The summed E-state index contributed by atoms with van der Waals surface area (Å²) in [5.41, 5.74) is 4.62. The highest BCUT2D eigenvalue weighted by atomic mass is 127. The third-order valence-corrected chi connectivity index (χ3v) is 5.16. The quantitative estimate of drug-likeness (QED) is 0.235. The summed E-state index contributed by atoms with van der Waals surface area (Å²) >= 11 is 0. The molecule has 176 valence electrons. The average Bonchev–Trinajstić information content (AvgIpc) is 2.80. The highest BCUT2D eigenvalue weighted by Gasteiger charge is 2.04. The molecule has 0 aliphatic rings. The molecule has 3 aromatic rings. The van der Waals surface area contributed by atoms with Crippen LogP contribution in [0.5, 0.6) is 5.75 Å². The van der Waals surface area contributed by atoms with Crippen LogP contribution in [-0.4, -0.2) is 30.7 Å². The Labute approximate surface area is 213 Å². The first-order chi connectivity index (χ1) is 15.6. The minimum Gasteiger partial charge on any atom is -0.496 e. The summed E-state index contributed by atoms with van der Waals surface area (Å²) in [6, 6.07) is 19.7. The Kier molecular flexibility index (Phi) is 11.0. The Hall–Kier alpha value is -2.81. The van der Waals surface area contributed by atoms with Crippen molar-refractivity contribution in [3.8, 4) is 5.75 Å². The molecule has 33 heavy (non-hydrogen) atoms. The molecular weight excluding hydrogens is 527 g/mol. The molecule has 0 saturated heterocycles. The second-order valence-electron chi connectivity index (χ2n) is 7.67. The van der Waals surface area contributed by atoms with Crippen molar-refractivity contribution in [1.82, 2.24) is 15.2 Å². The zero-order valence-corrected chi connectivity index (χ0v) is 21.8. The summed E-state index contributed by atoms with van der Waals surface area (Å²) in [5.74, 6) is 1.70. The molecular formula is C26H33IN4O2. The van der Waals surface area contributed by atoms with Crippen LogP contribution in [-0.2, 0) is 19.5 Å². The lowest BCUT2D eigenvalue weighted by atomic mass is 10.1. The second-order valence-corrected chi connectivity index (χ2v) is 7.67. The van der Waals surface area contributed by atoms with Gasteiger partial charge >= 0.3 is 0 Å². The van der Waals surface area contributed by atoms with Crippen molar-refractivity contribution in [2.45, 2.75) is 33.4 Å². The van der Waals surface area contributed by atoms with Crippen molar-refractivity contribution < 1.29 is 4.74 Å². The second kappa shape index (κ2) is 13.7. The van der Waals surface area contributed by atoms with Crippen molar-refractivity contribution in [1.29, 1.82) is 0 Å². The van der Waals surface area contributed by atoms with Gasteiger partial charge in [0.25, 0.3) is 5.56 Å². The largest absolute Gasteiger partial charge is 0.496 e. The Balaban J connectivity index is 0.00000385. The molecule has 0 unspecified atom stereocenters. The van der Waals surface area contributed by atoms with E-state index in [4.69, 9.17) is 9.73 Å². The number of nitrogens with one attached hydrogen (secondary N) is 2. The molecule has 0 saturated carbocycles. The van der Waals surface area contributed by atoms with Crippen molar-refractivity contribution in [3.05, 3.63) is 99.5 Å². The first-order valence-corrected chi connectivity index (χ1v) is 11.0. The monoisotopic (exact) mass is 560 g/mol. The molecule has 6 nitrogen and oxygen atoms in total. The lowest BCUT2D eigenvalue weighted by molar-refractivity contribution is 0.409. The average molecular weight is 560 g/mol. The normalized spacial score (nSPS) is 10.9. The van der Waals surface area contributed by atoms with E-state index in [9.17, 15) is 4.79 Å². The molecule has 7 heteroatoms. The topological polar surface area (TPSA) is 67.7 Å². The van der Waals surface area contributed by atoms with E-state index in [1.807, 2.05) is 12.1 Å². The number of guanidine groups is 1. The van der Waals surface area contributed by atoms with Gasteiger partial charge in [-0.2, -0.15) is 0 Å². The van der Waals surface area contributed by atoms with Crippen molar-refractivity contribution in [3.63, 3.8) is 0 Å². The standard InChI is InChI=1S/C26H32N4O2.HI/c1-4-27-26(28-15-14-23-17-20(2)8-13-24(23)32-3)29-18-21-9-11-22(12-10-21)19-30-16-6-5-7-25(30)31;/h5-13,16-17H,4,14-15,18-19H2,1-3H3,(H2,27,28,29);1H. The van der Waals surface area contributed by atoms with Gasteiger partial charge in [-0.25, -0.2) is 4.99 Å². The van der Waals surface area contributed by atoms with E-state index in [1.165, 1.54) is 11.1 Å². The molecule has 0 atom stereocenters. The van der Waals surface area contributed by atoms with Crippen LogP contribution in [0.4, 0.5) is 0 Å². The first-order valence-electron chi connectivity index (χ1n) is 11.0. The molecule has 0 bridgehead atoms. The SMILES string of the molecule is CCNC(=NCc1ccc(Cn2ccccc2=O)cc1)NCCc1cc(C)ccc1OC.I. The summed E-state index contributed by atoms with van der Waals surface area (Å²) in [6.45, 7) is 6.84. The summed E-state index contributed by atoms with van der Waals surface area (Å²) in [4.78, 5) is 16.6. The Morgan fingerprint density at radius 2 is 1.79 bits per heavy atom. The first kappa shape index (κ1) is 26.4. The molecule has 2 N–H and O–H groups in total. The number of rotatable bonds is 9. The molecule has 0 aliphatic heterocycles. The van der Waals surface area contributed by atoms with Gasteiger partial charge in [0.15, 0.2) is 5.96 Å². The van der Waals surface area contributed by atoms with Crippen LogP contribution >= 0.6 is 24.0 Å². The van der Waals surface area contributed by atoms with Crippen molar-refractivity contribution in [2.24, 2.45) is 4.99 Å². The van der Waals surface area contributed by atoms with Gasteiger partial charge in [0.05, 0.1) is 20.2 Å². The smallest absolute Gasteiger partial charge is 0.250 e. The highest BCUT2D eigenvalue weighted by Crippen LogP contribution is 2.19. The summed E-state index contributed by atoms with van der Waals surface area (Å²) < 4.78 is 7.17. The van der Waals surface area contributed by atoms with Crippen LogP contribution in [0.1, 0.15) is 29.2 Å². The number of benzene rings is 2. The lowest BCUT2D eigenvalue weighted by Gasteiger charge is -2.13. The zero-order valence-electron chi connectivity index (χ0n) is 19.5. The van der Waals surface area contributed by atoms with E-state index in [1.54, 1.807) is 30.0 Å². The maximum Gasteiger partial charge on any atom is 0.250 e. The molecule has 0 amide bonds. The van der Waals surface area contributed by atoms with Gasteiger partial charge in [0.1, 0.15) is 5.75 Å². The fourth-order valence-electron chi connectivity index (χ4n) is 3.47. The van der Waals surface area contributed by atoms with E-state index in [0.717, 1.165) is 42.3 Å². The molecule has 0 aliphatic carbocycles. The lowest BCUT2D eigenvalue weighted by Crippen LogP contribution is -2.38. The summed E-state index contributed by atoms with van der Waals surface area (Å²) in [6.07, 6.45) is 2.66. The summed E-state index contributed by atoms with van der Waals surface area (Å²) in [7, 11) is 1.70. The number of ether oxygens (including phenoxy) is 1. The van der Waals surface area contributed by atoms with Gasteiger partial charge in [-0.3, -0.25) is 4.79 Å².